The second kappa shape index (κ2) is 6.44. The summed E-state index contributed by atoms with van der Waals surface area (Å²) < 4.78 is 0. The number of H-pyrrole nitrogens is 1. The van der Waals surface area contributed by atoms with Crippen molar-refractivity contribution < 1.29 is 4.79 Å². The minimum Gasteiger partial charge on any atom is -0.333 e. The summed E-state index contributed by atoms with van der Waals surface area (Å²) >= 11 is 0. The Labute approximate surface area is 133 Å². The van der Waals surface area contributed by atoms with Gasteiger partial charge in [0.1, 0.15) is 5.69 Å². The second-order valence-electron chi connectivity index (χ2n) is 5.25. The van der Waals surface area contributed by atoms with Gasteiger partial charge in [0.25, 0.3) is 11.5 Å². The van der Waals surface area contributed by atoms with Crippen LogP contribution in [0.5, 0.6) is 0 Å². The maximum absolute atomic E-state index is 12.5. The van der Waals surface area contributed by atoms with E-state index < -0.39 is 0 Å². The molecule has 1 N–H and O–H groups in total. The van der Waals surface area contributed by atoms with Crippen LogP contribution in [0.1, 0.15) is 23.0 Å². The van der Waals surface area contributed by atoms with Gasteiger partial charge in [0.05, 0.1) is 6.54 Å². The molecular weight excluding hydrogens is 290 g/mol. The lowest BCUT2D eigenvalue weighted by Gasteiger charge is -2.20. The number of fused-ring (bicyclic) bond motifs is 1. The quantitative estimate of drug-likeness (QED) is 0.805. The number of carbonyl (C=O) groups is 1. The van der Waals surface area contributed by atoms with E-state index in [1.165, 1.54) is 0 Å². The molecule has 0 atom stereocenters. The molecule has 5 nitrogen and oxygen atoms in total. The highest BCUT2D eigenvalue weighted by Crippen LogP contribution is 2.12. The summed E-state index contributed by atoms with van der Waals surface area (Å²) in [6.45, 7) is 2.64. The number of aromatic nitrogens is 2. The molecule has 0 aliphatic heterocycles. The summed E-state index contributed by atoms with van der Waals surface area (Å²) in [5, 5.41) is 0.948. The standard InChI is InChI=1S/C18H17N3O2/c1-2-21(18(23)16-9-5-6-10-19-16)12-14-11-13-7-3-4-8-15(13)20-17(14)22/h3-11H,2,12H2,1H3,(H,20,22). The minimum atomic E-state index is -0.180. The van der Waals surface area contributed by atoms with Gasteiger partial charge < -0.3 is 9.88 Å². The van der Waals surface area contributed by atoms with E-state index in [1.54, 1.807) is 29.3 Å². The van der Waals surface area contributed by atoms with Crippen LogP contribution < -0.4 is 5.56 Å². The van der Waals surface area contributed by atoms with Gasteiger partial charge in [-0.2, -0.15) is 0 Å². The third kappa shape index (κ3) is 3.13. The van der Waals surface area contributed by atoms with Gasteiger partial charge in [0.15, 0.2) is 0 Å². The first-order valence-corrected chi connectivity index (χ1v) is 7.50. The summed E-state index contributed by atoms with van der Waals surface area (Å²) in [6, 6.07) is 14.6. The molecule has 1 aromatic carbocycles. The van der Waals surface area contributed by atoms with Gasteiger partial charge in [0.2, 0.25) is 0 Å². The van der Waals surface area contributed by atoms with E-state index in [0.29, 0.717) is 17.8 Å². The van der Waals surface area contributed by atoms with Crippen LogP contribution in [0.3, 0.4) is 0 Å². The molecule has 0 saturated carbocycles. The van der Waals surface area contributed by atoms with Gasteiger partial charge in [-0.25, -0.2) is 0 Å². The fraction of sp³-hybridized carbons (Fsp3) is 0.167. The smallest absolute Gasteiger partial charge is 0.272 e. The highest BCUT2D eigenvalue weighted by Gasteiger charge is 2.17. The van der Waals surface area contributed by atoms with Crippen molar-refractivity contribution in [1.82, 2.24) is 14.9 Å². The van der Waals surface area contributed by atoms with Crippen molar-refractivity contribution in [3.8, 4) is 0 Å². The van der Waals surface area contributed by atoms with E-state index in [-0.39, 0.29) is 18.0 Å². The van der Waals surface area contributed by atoms with Crippen LogP contribution in [0.4, 0.5) is 0 Å². The van der Waals surface area contributed by atoms with Crippen molar-refractivity contribution >= 4 is 16.8 Å². The van der Waals surface area contributed by atoms with Crippen molar-refractivity contribution in [2.24, 2.45) is 0 Å². The number of pyridine rings is 2. The van der Waals surface area contributed by atoms with E-state index in [1.807, 2.05) is 37.3 Å². The molecule has 0 aliphatic carbocycles. The number of benzene rings is 1. The first-order chi connectivity index (χ1) is 11.2. The third-order valence-electron chi connectivity index (χ3n) is 3.74. The molecule has 116 valence electrons. The van der Waals surface area contributed by atoms with Crippen LogP contribution >= 0.6 is 0 Å². The van der Waals surface area contributed by atoms with Crippen LogP contribution in [0.2, 0.25) is 0 Å². The molecule has 3 rings (SSSR count). The molecule has 5 heteroatoms. The number of nitrogens with one attached hydrogen (secondary N) is 1. The lowest BCUT2D eigenvalue weighted by molar-refractivity contribution is 0.0746. The molecule has 1 amide bonds. The summed E-state index contributed by atoms with van der Waals surface area (Å²) in [4.78, 5) is 33.3. The number of para-hydroxylation sites is 1. The number of hydrogen-bond donors (Lipinski definition) is 1. The highest BCUT2D eigenvalue weighted by molar-refractivity contribution is 5.92. The summed E-state index contributed by atoms with van der Waals surface area (Å²) in [5.74, 6) is -0.180. The maximum Gasteiger partial charge on any atom is 0.272 e. The Morgan fingerprint density at radius 2 is 1.96 bits per heavy atom. The fourth-order valence-electron chi connectivity index (χ4n) is 2.49. The molecule has 3 aromatic rings. The minimum absolute atomic E-state index is 0.170. The molecule has 0 aliphatic rings. The molecule has 23 heavy (non-hydrogen) atoms. The second-order valence-corrected chi connectivity index (χ2v) is 5.25. The number of aromatic amines is 1. The Balaban J connectivity index is 1.91. The highest BCUT2D eigenvalue weighted by atomic mass is 16.2. The average molecular weight is 307 g/mol. The SMILES string of the molecule is CCN(Cc1cc2ccccc2[nH]c1=O)C(=O)c1ccccn1. The van der Waals surface area contributed by atoms with Gasteiger partial charge in [-0.05, 0) is 36.6 Å². The Bertz CT molecular complexity index is 887. The molecular formula is C18H17N3O2. The summed E-state index contributed by atoms with van der Waals surface area (Å²) in [5.41, 5.74) is 1.57. The van der Waals surface area contributed by atoms with Crippen LogP contribution in [-0.4, -0.2) is 27.3 Å². The number of amides is 1. The maximum atomic E-state index is 12.5. The molecule has 0 fully saturated rings. The first-order valence-electron chi connectivity index (χ1n) is 7.50. The van der Waals surface area contributed by atoms with Crippen molar-refractivity contribution in [3.05, 3.63) is 76.3 Å². The van der Waals surface area contributed by atoms with Crippen molar-refractivity contribution in [2.75, 3.05) is 6.54 Å². The van der Waals surface area contributed by atoms with E-state index in [9.17, 15) is 9.59 Å². The normalized spacial score (nSPS) is 10.7. The Morgan fingerprint density at radius 1 is 1.17 bits per heavy atom. The van der Waals surface area contributed by atoms with Gasteiger partial charge in [0, 0.05) is 23.8 Å². The lowest BCUT2D eigenvalue weighted by Crippen LogP contribution is -2.33. The molecule has 0 bridgehead atoms. The van der Waals surface area contributed by atoms with Gasteiger partial charge in [-0.1, -0.05) is 24.3 Å². The van der Waals surface area contributed by atoms with Crippen molar-refractivity contribution in [2.45, 2.75) is 13.5 Å². The molecule has 0 spiro atoms. The van der Waals surface area contributed by atoms with Crippen LogP contribution in [0.15, 0.2) is 59.5 Å². The summed E-state index contributed by atoms with van der Waals surface area (Å²) in [7, 11) is 0. The third-order valence-corrected chi connectivity index (χ3v) is 3.74. The molecule has 0 unspecified atom stereocenters. The van der Waals surface area contributed by atoms with E-state index in [0.717, 1.165) is 10.9 Å². The van der Waals surface area contributed by atoms with Crippen LogP contribution in [-0.2, 0) is 6.54 Å². The Morgan fingerprint density at radius 3 is 2.70 bits per heavy atom. The molecule has 0 saturated heterocycles. The van der Waals surface area contributed by atoms with Gasteiger partial charge in [-0.3, -0.25) is 14.6 Å². The number of carbonyl (C=O) groups excluding carboxylic acids is 1. The molecule has 2 aromatic heterocycles. The van der Waals surface area contributed by atoms with E-state index >= 15 is 0 Å². The average Bonchev–Trinajstić information content (AvgIpc) is 2.60. The van der Waals surface area contributed by atoms with Gasteiger partial charge >= 0.3 is 0 Å². The number of hydrogen-bond acceptors (Lipinski definition) is 3. The van der Waals surface area contributed by atoms with Gasteiger partial charge in [-0.15, -0.1) is 0 Å². The first kappa shape index (κ1) is 15.0. The van der Waals surface area contributed by atoms with Crippen LogP contribution in [0, 0.1) is 0 Å². The lowest BCUT2D eigenvalue weighted by atomic mass is 10.1. The zero-order chi connectivity index (χ0) is 16.2. The van der Waals surface area contributed by atoms with E-state index in [4.69, 9.17) is 0 Å². The molecule has 2 heterocycles. The van der Waals surface area contributed by atoms with Crippen molar-refractivity contribution in [1.29, 1.82) is 0 Å². The van der Waals surface area contributed by atoms with Crippen molar-refractivity contribution in [3.63, 3.8) is 0 Å². The largest absolute Gasteiger partial charge is 0.333 e. The predicted octanol–water partition coefficient (Wildman–Crippen LogP) is 2.59. The zero-order valence-corrected chi connectivity index (χ0v) is 12.8. The fourth-order valence-corrected chi connectivity index (χ4v) is 2.49. The monoisotopic (exact) mass is 307 g/mol. The summed E-state index contributed by atoms with van der Waals surface area (Å²) in [6.07, 6.45) is 1.59. The number of rotatable bonds is 4. The Kier molecular flexibility index (Phi) is 4.19. The topological polar surface area (TPSA) is 66.1 Å². The van der Waals surface area contributed by atoms with Crippen LogP contribution in [0.25, 0.3) is 10.9 Å². The van der Waals surface area contributed by atoms with E-state index in [2.05, 4.69) is 9.97 Å². The number of nitrogens with zero attached hydrogens (tertiary/aromatic N) is 2. The zero-order valence-electron chi connectivity index (χ0n) is 12.8. The molecule has 0 radical (unpaired) electrons. The predicted molar refractivity (Wildman–Crippen MR) is 89.2 cm³/mol. The Hall–Kier alpha value is -2.95.